The fourth-order valence-electron chi connectivity index (χ4n) is 6.56. The van der Waals surface area contributed by atoms with E-state index in [4.69, 9.17) is 46.9 Å². The highest BCUT2D eigenvalue weighted by molar-refractivity contribution is 7.10. The minimum atomic E-state index is -1.32. The van der Waals surface area contributed by atoms with Crippen molar-refractivity contribution >= 4 is 81.6 Å². The van der Waals surface area contributed by atoms with Gasteiger partial charge >= 0.3 is 29.8 Å². The Morgan fingerprint density at radius 2 is 1.59 bits per heavy atom. The van der Waals surface area contributed by atoms with Gasteiger partial charge in [-0.3, -0.25) is 24.1 Å². The van der Waals surface area contributed by atoms with Crippen LogP contribution in [0.2, 0.25) is 0 Å². The summed E-state index contributed by atoms with van der Waals surface area (Å²) in [6, 6.07) is -1.26. The molecule has 3 rings (SSSR count). The molecule has 3 heterocycles. The molecule has 1 aliphatic heterocycles. The lowest BCUT2D eigenvalue weighted by atomic mass is 9.95. The molecule has 0 unspecified atom stereocenters. The number of thiazole rings is 2. The van der Waals surface area contributed by atoms with Crippen LogP contribution in [-0.4, -0.2) is 99.9 Å². The zero-order valence-electron chi connectivity index (χ0n) is 35.6. The molecule has 0 saturated heterocycles. The molecule has 0 radical (unpaired) electrons. The Bertz CT molecular complexity index is 1750. The van der Waals surface area contributed by atoms with Crippen molar-refractivity contribution in [2.24, 2.45) is 23.7 Å². The third-order valence-electron chi connectivity index (χ3n) is 9.40. The van der Waals surface area contributed by atoms with Crippen molar-refractivity contribution in [1.82, 2.24) is 20.2 Å². The Balaban J connectivity index is 2.00. The highest BCUT2D eigenvalue weighted by Crippen LogP contribution is 2.33. The lowest BCUT2D eigenvalue weighted by Gasteiger charge is -2.33. The van der Waals surface area contributed by atoms with Gasteiger partial charge in [0.1, 0.15) is 33.2 Å². The normalized spacial score (nSPS) is 21.0. The van der Waals surface area contributed by atoms with Gasteiger partial charge in [0.25, 0.3) is 0 Å². The molecule has 0 fully saturated rings. The topological polar surface area (TPSA) is 190 Å². The van der Waals surface area contributed by atoms with Crippen molar-refractivity contribution in [1.29, 1.82) is 0 Å². The van der Waals surface area contributed by atoms with Crippen LogP contribution in [0.25, 0.3) is 0 Å². The average Bonchev–Trinajstić information content (AvgIpc) is 3.80. The van der Waals surface area contributed by atoms with Crippen molar-refractivity contribution < 1.29 is 52.5 Å². The Morgan fingerprint density at radius 3 is 2.15 bits per heavy atom. The average molecular weight is 906 g/mol. The van der Waals surface area contributed by atoms with Crippen molar-refractivity contribution in [2.45, 2.75) is 135 Å². The smallest absolute Gasteiger partial charge is 0.358 e. The number of aromatic nitrogens is 2. The van der Waals surface area contributed by atoms with Gasteiger partial charge in [0.15, 0.2) is 23.6 Å². The zero-order chi connectivity index (χ0) is 44.4. The number of ether oxygens (including phenoxy) is 5. The Kier molecular flexibility index (Phi) is 19.0. The predicted molar refractivity (Wildman–Crippen MR) is 223 cm³/mol. The molecule has 15 nitrogen and oxygen atoms in total. The van der Waals surface area contributed by atoms with E-state index in [0.717, 1.165) is 22.7 Å². The first-order valence-electron chi connectivity index (χ1n) is 19.7. The Hall–Kier alpha value is -3.38. The predicted octanol–water partition coefficient (Wildman–Crippen LogP) is 7.26. The van der Waals surface area contributed by atoms with Crippen molar-refractivity contribution in [3.8, 4) is 0 Å². The second-order valence-corrected chi connectivity index (χ2v) is 19.9. The maximum Gasteiger partial charge on any atom is 0.358 e. The zero-order valence-corrected chi connectivity index (χ0v) is 38.7. The molecular weight excluding hydrogens is 847 g/mol. The summed E-state index contributed by atoms with van der Waals surface area (Å²) in [5.74, 6) is -5.36. The largest absolute Gasteiger partial charge is 0.460 e. The Labute approximate surface area is 364 Å². The summed E-state index contributed by atoms with van der Waals surface area (Å²) in [6.45, 7) is 15.3. The minimum absolute atomic E-state index is 0.0340. The fraction of sp³-hybridized carbons (Fsp3) is 0.700. The molecule has 4 bridgehead atoms. The summed E-state index contributed by atoms with van der Waals surface area (Å²) in [4.78, 5) is 90.8. The van der Waals surface area contributed by atoms with E-state index in [1.807, 2.05) is 41.5 Å². The van der Waals surface area contributed by atoms with E-state index >= 15 is 0 Å². The summed E-state index contributed by atoms with van der Waals surface area (Å²) in [6.07, 6.45) is -3.36. The number of likely N-dealkylation sites (N-methyl/N-ethyl adjacent to an activating group) is 1. The van der Waals surface area contributed by atoms with E-state index in [1.54, 1.807) is 32.8 Å². The molecule has 7 atom stereocenters. The van der Waals surface area contributed by atoms with Gasteiger partial charge in [-0.15, -0.1) is 45.9 Å². The van der Waals surface area contributed by atoms with Crippen LogP contribution in [0.15, 0.2) is 10.8 Å². The maximum absolute atomic E-state index is 13.8. The lowest BCUT2D eigenvalue weighted by molar-refractivity contribution is -0.161. The summed E-state index contributed by atoms with van der Waals surface area (Å²) < 4.78 is 27.9. The molecular formula is C40H58Cl2N4O11S2. The number of cyclic esters (lactones) is 3. The van der Waals surface area contributed by atoms with Gasteiger partial charge in [-0.05, 0) is 71.4 Å². The van der Waals surface area contributed by atoms with E-state index in [9.17, 15) is 28.8 Å². The van der Waals surface area contributed by atoms with E-state index in [2.05, 4.69) is 15.3 Å². The molecule has 2 aromatic rings. The van der Waals surface area contributed by atoms with Crippen molar-refractivity contribution in [2.75, 3.05) is 20.7 Å². The number of halogens is 2. The molecule has 0 aromatic carbocycles. The molecule has 1 amide bonds. The fourth-order valence-corrected chi connectivity index (χ4v) is 8.62. The van der Waals surface area contributed by atoms with Crippen molar-refractivity contribution in [3.05, 3.63) is 32.2 Å². The molecule has 0 spiro atoms. The highest BCUT2D eigenvalue weighted by Gasteiger charge is 2.37. The van der Waals surface area contributed by atoms with Crippen LogP contribution in [0.5, 0.6) is 0 Å². The molecule has 0 aliphatic carbocycles. The molecule has 2 aromatic heterocycles. The number of fused-ring (bicyclic) bond motifs is 4. The summed E-state index contributed by atoms with van der Waals surface area (Å²) in [5, 5.41) is 6.31. The van der Waals surface area contributed by atoms with Crippen LogP contribution in [0.3, 0.4) is 0 Å². The number of amides is 1. The van der Waals surface area contributed by atoms with Gasteiger partial charge in [0.2, 0.25) is 5.91 Å². The number of rotatable bonds is 16. The number of carbonyl (C=O) groups excluding carboxylic acids is 6. The molecule has 1 aliphatic rings. The highest BCUT2D eigenvalue weighted by atomic mass is 35.5. The van der Waals surface area contributed by atoms with Crippen LogP contribution in [0.1, 0.15) is 138 Å². The molecule has 59 heavy (non-hydrogen) atoms. The number of nitrogens with one attached hydrogen (secondary N) is 1. The van der Waals surface area contributed by atoms with Crippen LogP contribution in [-0.2, 0) is 42.9 Å². The molecule has 330 valence electrons. The van der Waals surface area contributed by atoms with Crippen LogP contribution in [0, 0.1) is 23.7 Å². The Morgan fingerprint density at radius 1 is 0.983 bits per heavy atom. The van der Waals surface area contributed by atoms with Gasteiger partial charge in [-0.1, -0.05) is 41.5 Å². The lowest BCUT2D eigenvalue weighted by Crippen LogP contribution is -2.54. The summed E-state index contributed by atoms with van der Waals surface area (Å²) >= 11 is 14.5. The number of alkyl halides is 2. The molecule has 1 N–H and O–H groups in total. The monoisotopic (exact) mass is 904 g/mol. The van der Waals surface area contributed by atoms with Gasteiger partial charge in [0, 0.05) is 17.7 Å². The quantitative estimate of drug-likeness (QED) is 0.101. The number of hydrogen-bond acceptors (Lipinski definition) is 16. The molecule has 0 saturated carbocycles. The molecule has 19 heteroatoms. The van der Waals surface area contributed by atoms with Gasteiger partial charge < -0.3 is 29.0 Å². The van der Waals surface area contributed by atoms with E-state index in [-0.39, 0.29) is 46.5 Å². The van der Waals surface area contributed by atoms with Gasteiger partial charge in [-0.25, -0.2) is 19.6 Å². The summed E-state index contributed by atoms with van der Waals surface area (Å²) in [7, 11) is 3.58. The van der Waals surface area contributed by atoms with Crippen molar-refractivity contribution in [3.63, 3.8) is 0 Å². The van der Waals surface area contributed by atoms with Gasteiger partial charge in [0.05, 0.1) is 24.4 Å². The second kappa shape index (κ2) is 22.5. The number of hydrogen-bond donors (Lipinski definition) is 1. The first-order chi connectivity index (χ1) is 27.5. The minimum Gasteiger partial charge on any atom is -0.460 e. The first kappa shape index (κ1) is 50.0. The second-order valence-electron chi connectivity index (χ2n) is 16.3. The SMILES string of the molecule is CC(=O)O[C@H](CC(=O)O[C@@H]1COC(=O)c2csc(n2)[C@H](C(C)C)OC(=O)[C@@H](C)[C@H](CCCC(C)(Cl)Cl)OC(=O)c2csc1n2)[C@H](CC(C)C)NC(=O)[C@H](C(C)C)N(C)C. The van der Waals surface area contributed by atoms with Crippen LogP contribution in [0.4, 0.5) is 0 Å². The van der Waals surface area contributed by atoms with E-state index < -0.39 is 89.6 Å². The standard InChI is InChI=1S/C40H58Cl2N4O11S2/c1-20(2)15-25(43-34(49)32(21(3)4)46(10)11)29(54-24(8)47)16-31(48)55-30-17-53-38(51)26-18-59-36(45-26)33(22(5)6)57-37(50)23(7)28(13-12-14-40(9,41)42)56-39(52)27-19-58-35(30)44-27/h18-23,25,28-30,32-33H,12-17H2,1-11H3,(H,43,49)/t23-,25-,28-,29+,30+,32-,33-/m0/s1. The maximum atomic E-state index is 13.8. The van der Waals surface area contributed by atoms with Crippen LogP contribution >= 0.6 is 45.9 Å². The third-order valence-corrected chi connectivity index (χ3v) is 11.6. The van der Waals surface area contributed by atoms with E-state index in [1.165, 1.54) is 17.7 Å². The first-order valence-corrected chi connectivity index (χ1v) is 22.2. The van der Waals surface area contributed by atoms with Gasteiger partial charge in [-0.2, -0.15) is 0 Å². The number of nitrogens with zero attached hydrogens (tertiary/aromatic N) is 3. The van der Waals surface area contributed by atoms with E-state index in [0.29, 0.717) is 24.3 Å². The summed E-state index contributed by atoms with van der Waals surface area (Å²) in [5.41, 5.74) is -0.205. The number of esters is 5. The third kappa shape index (κ3) is 15.5. The van der Waals surface area contributed by atoms with Crippen LogP contribution < -0.4 is 5.32 Å². The number of carbonyl (C=O) groups is 6.